The van der Waals surface area contributed by atoms with Crippen LogP contribution in [0, 0.1) is 5.92 Å². The zero-order valence-electron chi connectivity index (χ0n) is 14.2. The maximum absolute atomic E-state index is 4.97. The molecule has 3 heteroatoms. The fourth-order valence-electron chi connectivity index (χ4n) is 3.58. The van der Waals surface area contributed by atoms with E-state index in [-0.39, 0.29) is 0 Å². The van der Waals surface area contributed by atoms with Crippen molar-refractivity contribution in [1.82, 2.24) is 15.3 Å². The predicted molar refractivity (Wildman–Crippen MR) is 88.8 cm³/mol. The molecule has 1 aromatic heterocycles. The largest absolute Gasteiger partial charge is 0.319 e. The summed E-state index contributed by atoms with van der Waals surface area (Å²) in [5, 5.41) is 3.25. The molecular formula is C18H31N3. The van der Waals surface area contributed by atoms with Gasteiger partial charge in [0.1, 0.15) is 5.82 Å². The van der Waals surface area contributed by atoms with E-state index in [0.29, 0.717) is 5.92 Å². The standard InChI is InChI=1S/C18H31N3/c1-5-16-15(10-11-19-4)17(6-2)21-18(20-16)14-9-7-8-13(3)12-14/h13-14,19H,5-12H2,1-4H3. The number of hydrogen-bond donors (Lipinski definition) is 1. The Bertz CT molecular complexity index is 431. The third kappa shape index (κ3) is 4.03. The molecule has 1 aromatic rings. The molecule has 3 nitrogen and oxygen atoms in total. The van der Waals surface area contributed by atoms with Crippen LogP contribution < -0.4 is 5.32 Å². The smallest absolute Gasteiger partial charge is 0.131 e. The molecule has 2 atom stereocenters. The Balaban J connectivity index is 2.30. The minimum Gasteiger partial charge on any atom is -0.319 e. The van der Waals surface area contributed by atoms with Crippen molar-refractivity contribution < 1.29 is 0 Å². The van der Waals surface area contributed by atoms with Crippen LogP contribution in [0.15, 0.2) is 0 Å². The van der Waals surface area contributed by atoms with Crippen LogP contribution in [-0.4, -0.2) is 23.6 Å². The molecule has 1 aliphatic carbocycles. The summed E-state index contributed by atoms with van der Waals surface area (Å²) >= 11 is 0. The molecule has 1 heterocycles. The van der Waals surface area contributed by atoms with Crippen molar-refractivity contribution in [3.05, 3.63) is 22.8 Å². The van der Waals surface area contributed by atoms with Gasteiger partial charge < -0.3 is 5.32 Å². The lowest BCUT2D eigenvalue weighted by Gasteiger charge is -2.26. The lowest BCUT2D eigenvalue weighted by molar-refractivity contribution is 0.334. The van der Waals surface area contributed by atoms with Gasteiger partial charge in [0, 0.05) is 17.3 Å². The molecule has 1 aliphatic rings. The van der Waals surface area contributed by atoms with Crippen LogP contribution in [-0.2, 0) is 19.3 Å². The van der Waals surface area contributed by atoms with Gasteiger partial charge in [0.2, 0.25) is 0 Å². The molecule has 1 saturated carbocycles. The quantitative estimate of drug-likeness (QED) is 0.868. The highest BCUT2D eigenvalue weighted by atomic mass is 14.9. The summed E-state index contributed by atoms with van der Waals surface area (Å²) in [6.45, 7) is 7.81. The lowest BCUT2D eigenvalue weighted by Crippen LogP contribution is -2.19. The SMILES string of the molecule is CCc1nc(C2CCCC(C)C2)nc(CC)c1CCNC. The van der Waals surface area contributed by atoms with Gasteiger partial charge in [-0.2, -0.15) is 0 Å². The first-order valence-corrected chi connectivity index (χ1v) is 8.72. The van der Waals surface area contributed by atoms with E-state index in [1.165, 1.54) is 42.6 Å². The van der Waals surface area contributed by atoms with E-state index < -0.39 is 0 Å². The summed E-state index contributed by atoms with van der Waals surface area (Å²) in [6, 6.07) is 0. The van der Waals surface area contributed by atoms with Crippen LogP contribution in [0.1, 0.15) is 75.1 Å². The molecular weight excluding hydrogens is 258 g/mol. The van der Waals surface area contributed by atoms with Crippen molar-refractivity contribution in [2.24, 2.45) is 5.92 Å². The Kier molecular flexibility index (Phi) is 6.16. The second-order valence-corrected chi connectivity index (χ2v) is 6.48. The normalized spacial score (nSPS) is 22.5. The molecule has 21 heavy (non-hydrogen) atoms. The maximum atomic E-state index is 4.97. The molecule has 1 N–H and O–H groups in total. The summed E-state index contributed by atoms with van der Waals surface area (Å²) < 4.78 is 0. The first-order valence-electron chi connectivity index (χ1n) is 8.72. The van der Waals surface area contributed by atoms with Crippen LogP contribution >= 0.6 is 0 Å². The van der Waals surface area contributed by atoms with E-state index in [9.17, 15) is 0 Å². The molecule has 0 bridgehead atoms. The van der Waals surface area contributed by atoms with Crippen molar-refractivity contribution >= 4 is 0 Å². The maximum Gasteiger partial charge on any atom is 0.131 e. The van der Waals surface area contributed by atoms with E-state index in [0.717, 1.165) is 37.5 Å². The summed E-state index contributed by atoms with van der Waals surface area (Å²) in [6.07, 6.45) is 8.32. The minimum absolute atomic E-state index is 0.586. The van der Waals surface area contributed by atoms with Crippen molar-refractivity contribution in [2.45, 2.75) is 71.6 Å². The van der Waals surface area contributed by atoms with Gasteiger partial charge in [-0.15, -0.1) is 0 Å². The zero-order chi connectivity index (χ0) is 15.2. The number of nitrogens with zero attached hydrogens (tertiary/aromatic N) is 2. The fraction of sp³-hybridized carbons (Fsp3) is 0.778. The van der Waals surface area contributed by atoms with Gasteiger partial charge in [0.05, 0.1) is 0 Å². The molecule has 0 aliphatic heterocycles. The number of aryl methyl sites for hydroxylation is 2. The van der Waals surface area contributed by atoms with Crippen LogP contribution in [0.5, 0.6) is 0 Å². The van der Waals surface area contributed by atoms with E-state index in [4.69, 9.17) is 9.97 Å². The first-order chi connectivity index (χ1) is 10.2. The summed E-state index contributed by atoms with van der Waals surface area (Å²) in [5.41, 5.74) is 3.96. The number of hydrogen-bond acceptors (Lipinski definition) is 3. The Hall–Kier alpha value is -0.960. The monoisotopic (exact) mass is 289 g/mol. The molecule has 0 radical (unpaired) electrons. The van der Waals surface area contributed by atoms with Crippen LogP contribution in [0.4, 0.5) is 0 Å². The summed E-state index contributed by atoms with van der Waals surface area (Å²) in [5.74, 6) is 2.54. The van der Waals surface area contributed by atoms with Crippen molar-refractivity contribution in [3.8, 4) is 0 Å². The van der Waals surface area contributed by atoms with Crippen LogP contribution in [0.3, 0.4) is 0 Å². The van der Waals surface area contributed by atoms with Crippen molar-refractivity contribution in [1.29, 1.82) is 0 Å². The number of rotatable bonds is 6. The van der Waals surface area contributed by atoms with Crippen molar-refractivity contribution in [2.75, 3.05) is 13.6 Å². The highest BCUT2D eigenvalue weighted by molar-refractivity contribution is 5.28. The Morgan fingerprint density at radius 1 is 1.10 bits per heavy atom. The molecule has 1 fully saturated rings. The average molecular weight is 289 g/mol. The Morgan fingerprint density at radius 2 is 1.76 bits per heavy atom. The number of likely N-dealkylation sites (N-methyl/N-ethyl adjacent to an activating group) is 1. The molecule has 2 unspecified atom stereocenters. The predicted octanol–water partition coefficient (Wildman–Crippen LogP) is 3.66. The van der Waals surface area contributed by atoms with Gasteiger partial charge in [-0.1, -0.05) is 33.6 Å². The van der Waals surface area contributed by atoms with Crippen molar-refractivity contribution in [3.63, 3.8) is 0 Å². The topological polar surface area (TPSA) is 37.8 Å². The Labute approximate surface area is 130 Å². The zero-order valence-corrected chi connectivity index (χ0v) is 14.2. The van der Waals surface area contributed by atoms with Gasteiger partial charge in [0.15, 0.2) is 0 Å². The summed E-state index contributed by atoms with van der Waals surface area (Å²) in [7, 11) is 2.01. The minimum atomic E-state index is 0.586. The van der Waals surface area contributed by atoms with Gasteiger partial charge in [-0.05, 0) is 57.2 Å². The van der Waals surface area contributed by atoms with Gasteiger partial charge in [0.25, 0.3) is 0 Å². The molecule has 0 spiro atoms. The highest BCUT2D eigenvalue weighted by Crippen LogP contribution is 2.35. The van der Waals surface area contributed by atoms with E-state index in [2.05, 4.69) is 26.1 Å². The molecule has 0 saturated heterocycles. The molecule has 2 rings (SSSR count). The van der Waals surface area contributed by atoms with Crippen LogP contribution in [0.2, 0.25) is 0 Å². The molecule has 0 amide bonds. The first kappa shape index (κ1) is 16.4. The van der Waals surface area contributed by atoms with Crippen LogP contribution in [0.25, 0.3) is 0 Å². The van der Waals surface area contributed by atoms with Gasteiger partial charge in [-0.3, -0.25) is 0 Å². The highest BCUT2D eigenvalue weighted by Gasteiger charge is 2.24. The average Bonchev–Trinajstić information content (AvgIpc) is 2.52. The van der Waals surface area contributed by atoms with E-state index >= 15 is 0 Å². The van der Waals surface area contributed by atoms with E-state index in [1.54, 1.807) is 0 Å². The molecule has 118 valence electrons. The third-order valence-corrected chi connectivity index (χ3v) is 4.79. The lowest BCUT2D eigenvalue weighted by atomic mass is 9.82. The third-order valence-electron chi connectivity index (χ3n) is 4.79. The second-order valence-electron chi connectivity index (χ2n) is 6.48. The van der Waals surface area contributed by atoms with Gasteiger partial charge in [-0.25, -0.2) is 9.97 Å². The second kappa shape index (κ2) is 7.88. The summed E-state index contributed by atoms with van der Waals surface area (Å²) in [4.78, 5) is 9.94. The number of nitrogens with one attached hydrogen (secondary N) is 1. The fourth-order valence-corrected chi connectivity index (χ4v) is 3.58. The molecule has 0 aromatic carbocycles. The number of aromatic nitrogens is 2. The van der Waals surface area contributed by atoms with Gasteiger partial charge >= 0.3 is 0 Å². The Morgan fingerprint density at radius 3 is 2.29 bits per heavy atom. The van der Waals surface area contributed by atoms with E-state index in [1.807, 2.05) is 7.05 Å².